The molecule has 0 N–H and O–H groups in total. The van der Waals surface area contributed by atoms with Crippen molar-refractivity contribution >= 4 is 0 Å². The Labute approximate surface area is 81.6 Å². The zero-order valence-electron chi connectivity index (χ0n) is 3.92. The summed E-state index contributed by atoms with van der Waals surface area (Å²) in [7, 11) is 0. The Morgan fingerprint density at radius 1 is 0.778 bits per heavy atom. The van der Waals surface area contributed by atoms with Gasteiger partial charge < -0.3 is 30.6 Å². The summed E-state index contributed by atoms with van der Waals surface area (Å²) in [6.07, 6.45) is 0. The van der Waals surface area contributed by atoms with E-state index in [-0.39, 0.29) is 41.3 Å². The van der Waals surface area contributed by atoms with Crippen LogP contribution in [0.15, 0.2) is 0 Å². The van der Waals surface area contributed by atoms with Crippen molar-refractivity contribution in [3.8, 4) is 0 Å². The van der Waals surface area contributed by atoms with E-state index in [4.69, 9.17) is 30.6 Å². The van der Waals surface area contributed by atoms with Gasteiger partial charge in [-0.05, 0) is 0 Å². The van der Waals surface area contributed by atoms with E-state index in [1.54, 1.807) is 0 Å². The van der Waals surface area contributed by atoms with E-state index in [9.17, 15) is 0 Å². The molecular formula is N2O6Pr-2. The van der Waals surface area contributed by atoms with Crippen LogP contribution in [0, 0.1) is 71.9 Å². The molecule has 0 aliphatic heterocycles. The maximum absolute atomic E-state index is 8.25. The molecule has 0 spiro atoms. The van der Waals surface area contributed by atoms with Crippen LogP contribution in [-0.4, -0.2) is 10.2 Å². The SMILES string of the molecule is O=[N+]([O-])[O-].O=[N+]([O-])[O-].[Pr]. The predicted molar refractivity (Wildman–Crippen MR) is 20.7 cm³/mol. The van der Waals surface area contributed by atoms with E-state index in [0.29, 0.717) is 0 Å². The Morgan fingerprint density at radius 3 is 0.778 bits per heavy atom. The zero-order chi connectivity index (χ0) is 7.15. The average molecular weight is 265 g/mol. The average Bonchev–Trinajstić information content (AvgIpc) is 1.25. The van der Waals surface area contributed by atoms with E-state index in [1.165, 1.54) is 0 Å². The summed E-state index contributed by atoms with van der Waals surface area (Å²) in [5, 5.41) is 29.5. The molecule has 0 bridgehead atoms. The fourth-order valence-corrected chi connectivity index (χ4v) is 0. The zero-order valence-corrected chi connectivity index (χ0v) is 7.63. The van der Waals surface area contributed by atoms with E-state index < -0.39 is 10.2 Å². The molecule has 0 unspecified atom stereocenters. The summed E-state index contributed by atoms with van der Waals surface area (Å²) >= 11 is 0. The quantitative estimate of drug-likeness (QED) is 0.429. The van der Waals surface area contributed by atoms with Crippen LogP contribution in [0.1, 0.15) is 0 Å². The van der Waals surface area contributed by atoms with Crippen LogP contribution in [0.3, 0.4) is 0 Å². The number of rotatable bonds is 0. The van der Waals surface area contributed by atoms with Gasteiger partial charge in [-0.1, -0.05) is 0 Å². The Bertz CT molecular complexity index is 69.1. The largest absolute Gasteiger partial charge is 0.356 e. The van der Waals surface area contributed by atoms with Gasteiger partial charge in [0.15, 0.2) is 0 Å². The molecule has 0 amide bonds. The number of hydrogen-bond donors (Lipinski definition) is 0. The third-order valence-corrected chi connectivity index (χ3v) is 0. The fourth-order valence-electron chi connectivity index (χ4n) is 0. The molecule has 0 heterocycles. The van der Waals surface area contributed by atoms with Crippen LogP contribution in [0.25, 0.3) is 0 Å². The van der Waals surface area contributed by atoms with Crippen molar-refractivity contribution < 1.29 is 51.5 Å². The van der Waals surface area contributed by atoms with Crippen molar-refractivity contribution in [3.05, 3.63) is 30.6 Å². The van der Waals surface area contributed by atoms with Crippen LogP contribution in [0.2, 0.25) is 0 Å². The maximum atomic E-state index is 8.25. The Kier molecular flexibility index (Phi) is 18.9. The normalized spacial score (nSPS) is 5.33. The summed E-state index contributed by atoms with van der Waals surface area (Å²) in [6, 6.07) is 0. The first kappa shape index (κ1) is 15.9. The van der Waals surface area contributed by atoms with Crippen molar-refractivity contribution in [2.45, 2.75) is 0 Å². The standard InChI is InChI=1S/2NO3.Pr/c2*2-1(3)4;/q2*-1;. The Morgan fingerprint density at radius 2 is 0.778 bits per heavy atom. The van der Waals surface area contributed by atoms with Gasteiger partial charge in [-0.3, -0.25) is 0 Å². The molecule has 0 saturated heterocycles. The third-order valence-electron chi connectivity index (χ3n) is 0. The smallest absolute Gasteiger partial charge is 0.0689 e. The van der Waals surface area contributed by atoms with Crippen molar-refractivity contribution in [2.24, 2.45) is 0 Å². The number of nitrogens with zero attached hydrogens (tertiary/aromatic N) is 2. The molecule has 0 aliphatic carbocycles. The molecule has 0 aromatic carbocycles. The van der Waals surface area contributed by atoms with Crippen molar-refractivity contribution in [1.82, 2.24) is 0 Å². The van der Waals surface area contributed by atoms with Gasteiger partial charge >= 0.3 is 0 Å². The summed E-state index contributed by atoms with van der Waals surface area (Å²) in [5.41, 5.74) is 0. The van der Waals surface area contributed by atoms with Crippen molar-refractivity contribution in [2.75, 3.05) is 0 Å². The first-order valence-electron chi connectivity index (χ1n) is 1.10. The number of hydrogen-bond acceptors (Lipinski definition) is 6. The van der Waals surface area contributed by atoms with Gasteiger partial charge in [0.05, 0.1) is 10.2 Å². The van der Waals surface area contributed by atoms with E-state index in [2.05, 4.69) is 0 Å². The van der Waals surface area contributed by atoms with Crippen LogP contribution in [0.5, 0.6) is 0 Å². The third kappa shape index (κ3) is 4620. The van der Waals surface area contributed by atoms with Gasteiger partial charge in [0.25, 0.3) is 0 Å². The second-order valence-electron chi connectivity index (χ2n) is 0.447. The van der Waals surface area contributed by atoms with Gasteiger partial charge in [-0.15, -0.1) is 0 Å². The Hall–Kier alpha value is -0.236. The second kappa shape index (κ2) is 10.7. The molecular weight excluding hydrogens is 265 g/mol. The molecule has 8 nitrogen and oxygen atoms in total. The van der Waals surface area contributed by atoms with E-state index in [1.807, 2.05) is 0 Å². The molecule has 0 fully saturated rings. The van der Waals surface area contributed by atoms with Gasteiger partial charge in [0.2, 0.25) is 0 Å². The topological polar surface area (TPSA) is 132 Å². The van der Waals surface area contributed by atoms with Crippen molar-refractivity contribution in [3.63, 3.8) is 0 Å². The molecule has 9 heavy (non-hydrogen) atoms. The maximum Gasteiger partial charge on any atom is 0.0689 e. The van der Waals surface area contributed by atoms with Gasteiger partial charge in [0, 0.05) is 41.3 Å². The molecule has 0 saturated carbocycles. The van der Waals surface area contributed by atoms with E-state index >= 15 is 0 Å². The minimum atomic E-state index is -1.75. The fraction of sp³-hybridized carbons (Fsp3) is 0. The molecule has 1 radical (unpaired) electrons. The van der Waals surface area contributed by atoms with Crippen LogP contribution in [-0.2, 0) is 0 Å². The first-order chi connectivity index (χ1) is 3.46. The second-order valence-corrected chi connectivity index (χ2v) is 0.447. The Balaban J connectivity index is -0.0000000720. The molecule has 9 heteroatoms. The summed E-state index contributed by atoms with van der Waals surface area (Å²) < 4.78 is 0. The molecule has 0 rings (SSSR count). The molecule has 0 aliphatic rings. The monoisotopic (exact) mass is 265 g/mol. The van der Waals surface area contributed by atoms with Crippen LogP contribution in [0.4, 0.5) is 0 Å². The first-order valence-corrected chi connectivity index (χ1v) is 1.10. The van der Waals surface area contributed by atoms with Crippen LogP contribution < -0.4 is 0 Å². The minimum Gasteiger partial charge on any atom is -0.356 e. The predicted octanol–water partition coefficient (Wildman–Crippen LogP) is -0.478. The minimum absolute atomic E-state index is 0. The van der Waals surface area contributed by atoms with Crippen LogP contribution >= 0.6 is 0 Å². The summed E-state index contributed by atoms with van der Waals surface area (Å²) in [5.74, 6) is 0. The summed E-state index contributed by atoms with van der Waals surface area (Å²) in [4.78, 5) is 16.5. The van der Waals surface area contributed by atoms with Gasteiger partial charge in [-0.25, -0.2) is 0 Å². The van der Waals surface area contributed by atoms with Gasteiger partial charge in [-0.2, -0.15) is 0 Å². The molecule has 0 aromatic rings. The van der Waals surface area contributed by atoms with E-state index in [0.717, 1.165) is 0 Å². The van der Waals surface area contributed by atoms with Crippen molar-refractivity contribution in [1.29, 1.82) is 0 Å². The summed E-state index contributed by atoms with van der Waals surface area (Å²) in [6.45, 7) is 0. The van der Waals surface area contributed by atoms with Gasteiger partial charge in [0.1, 0.15) is 0 Å². The molecule has 0 atom stereocenters. The molecule has 0 aromatic heterocycles. The molecule has 51 valence electrons.